The van der Waals surface area contributed by atoms with Gasteiger partial charge >= 0.3 is 5.97 Å². The van der Waals surface area contributed by atoms with Crippen molar-refractivity contribution in [2.75, 3.05) is 6.61 Å². The van der Waals surface area contributed by atoms with E-state index in [4.69, 9.17) is 4.74 Å². The molecule has 0 amide bonds. The zero-order valence-corrected chi connectivity index (χ0v) is 11.9. The van der Waals surface area contributed by atoms with Crippen LogP contribution < -0.4 is 0 Å². The van der Waals surface area contributed by atoms with Crippen LogP contribution in [0.5, 0.6) is 0 Å². The van der Waals surface area contributed by atoms with Gasteiger partial charge in [-0.05, 0) is 23.8 Å². The van der Waals surface area contributed by atoms with Crippen LogP contribution >= 0.6 is 0 Å². The summed E-state index contributed by atoms with van der Waals surface area (Å²) < 4.78 is 5.19. The maximum atomic E-state index is 12.0. The third-order valence-corrected chi connectivity index (χ3v) is 4.28. The van der Waals surface area contributed by atoms with Gasteiger partial charge in [0.2, 0.25) is 0 Å². The minimum absolute atomic E-state index is 0.0129. The normalized spacial score (nSPS) is 25.4. The predicted molar refractivity (Wildman–Crippen MR) is 76.8 cm³/mol. The van der Waals surface area contributed by atoms with Gasteiger partial charge in [-0.1, -0.05) is 50.3 Å². The van der Waals surface area contributed by atoms with Crippen molar-refractivity contribution < 1.29 is 9.53 Å². The molecule has 0 radical (unpaired) electrons. The zero-order chi connectivity index (χ0) is 14.0. The molecule has 1 aliphatic carbocycles. The number of esters is 1. The molecule has 2 rings (SSSR count). The van der Waals surface area contributed by atoms with Gasteiger partial charge in [-0.15, -0.1) is 6.58 Å². The first-order valence-electron chi connectivity index (χ1n) is 6.88. The summed E-state index contributed by atoms with van der Waals surface area (Å²) in [5, 5.41) is 0. The van der Waals surface area contributed by atoms with Gasteiger partial charge in [-0.3, -0.25) is 4.79 Å². The smallest absolute Gasteiger partial charge is 0.309 e. The van der Waals surface area contributed by atoms with E-state index < -0.39 is 0 Å². The van der Waals surface area contributed by atoms with E-state index in [2.05, 4.69) is 32.6 Å². The first-order valence-corrected chi connectivity index (χ1v) is 6.88. The highest BCUT2D eigenvalue weighted by Gasteiger charge is 2.64. The second-order valence-corrected chi connectivity index (χ2v) is 5.75. The van der Waals surface area contributed by atoms with Crippen molar-refractivity contribution >= 4 is 5.97 Å². The summed E-state index contributed by atoms with van der Waals surface area (Å²) in [5.41, 5.74) is 1.21. The standard InChI is InChI=1S/C17H22O2/c1-5-13(12-10-8-7-9-11-12)14-15(17(14,3)4)16(18)19-6-2/h5,7-11,13-15H,1,6H2,2-4H3. The van der Waals surface area contributed by atoms with E-state index in [1.54, 1.807) is 0 Å². The Hall–Kier alpha value is -1.57. The fraction of sp³-hybridized carbons (Fsp3) is 0.471. The molecule has 0 N–H and O–H groups in total. The maximum Gasteiger partial charge on any atom is 0.309 e. The summed E-state index contributed by atoms with van der Waals surface area (Å²) in [5.74, 6) is 0.410. The van der Waals surface area contributed by atoms with E-state index in [0.29, 0.717) is 6.61 Å². The SMILES string of the molecule is C=CC(c1ccccc1)C1C(C(=O)OCC)C1(C)C. The van der Waals surface area contributed by atoms with Gasteiger partial charge < -0.3 is 4.74 Å². The van der Waals surface area contributed by atoms with E-state index in [-0.39, 0.29) is 29.1 Å². The Morgan fingerprint density at radius 1 is 1.42 bits per heavy atom. The number of rotatable bonds is 5. The molecule has 0 aromatic heterocycles. The van der Waals surface area contributed by atoms with Gasteiger partial charge in [0.15, 0.2) is 0 Å². The molecular formula is C17H22O2. The molecule has 1 aromatic rings. The van der Waals surface area contributed by atoms with Gasteiger partial charge in [0, 0.05) is 5.92 Å². The van der Waals surface area contributed by atoms with Crippen LogP contribution in [0.25, 0.3) is 0 Å². The maximum absolute atomic E-state index is 12.0. The number of hydrogen-bond acceptors (Lipinski definition) is 2. The first-order chi connectivity index (χ1) is 9.04. The second-order valence-electron chi connectivity index (χ2n) is 5.75. The highest BCUT2D eigenvalue weighted by Crippen LogP contribution is 2.64. The lowest BCUT2D eigenvalue weighted by Gasteiger charge is -2.14. The highest BCUT2D eigenvalue weighted by molar-refractivity contribution is 5.78. The molecule has 0 aliphatic heterocycles. The lowest BCUT2D eigenvalue weighted by molar-refractivity contribution is -0.145. The molecule has 19 heavy (non-hydrogen) atoms. The Labute approximate surface area is 115 Å². The van der Waals surface area contributed by atoms with Crippen LogP contribution in [0.2, 0.25) is 0 Å². The molecule has 3 unspecified atom stereocenters. The topological polar surface area (TPSA) is 26.3 Å². The van der Waals surface area contributed by atoms with Crippen molar-refractivity contribution in [2.45, 2.75) is 26.7 Å². The fourth-order valence-corrected chi connectivity index (χ4v) is 3.20. The molecule has 2 heteroatoms. The molecule has 0 heterocycles. The summed E-state index contributed by atoms with van der Waals surface area (Å²) in [7, 11) is 0. The molecule has 1 aromatic carbocycles. The Morgan fingerprint density at radius 3 is 2.58 bits per heavy atom. The van der Waals surface area contributed by atoms with Gasteiger partial charge in [0.25, 0.3) is 0 Å². The number of ether oxygens (including phenoxy) is 1. The Morgan fingerprint density at radius 2 is 2.05 bits per heavy atom. The molecule has 102 valence electrons. The second kappa shape index (κ2) is 5.20. The van der Waals surface area contributed by atoms with Crippen LogP contribution in [0, 0.1) is 17.3 Å². The molecule has 2 nitrogen and oxygen atoms in total. The average Bonchev–Trinajstić information content (AvgIpc) is 2.95. The Balaban J connectivity index is 2.21. The molecule has 0 spiro atoms. The number of benzene rings is 1. The number of carbonyl (C=O) groups is 1. The van der Waals surface area contributed by atoms with Crippen LogP contribution in [0.4, 0.5) is 0 Å². The highest BCUT2D eigenvalue weighted by atomic mass is 16.5. The van der Waals surface area contributed by atoms with Crippen molar-refractivity contribution in [2.24, 2.45) is 17.3 Å². The third kappa shape index (κ3) is 2.44. The molecule has 0 saturated heterocycles. The van der Waals surface area contributed by atoms with E-state index in [9.17, 15) is 4.79 Å². The fourth-order valence-electron chi connectivity index (χ4n) is 3.20. The zero-order valence-electron chi connectivity index (χ0n) is 11.9. The van der Waals surface area contributed by atoms with Crippen LogP contribution in [-0.2, 0) is 9.53 Å². The predicted octanol–water partition coefficient (Wildman–Crippen LogP) is 3.79. The lowest BCUT2D eigenvalue weighted by Crippen LogP contribution is -2.11. The van der Waals surface area contributed by atoms with Crippen molar-refractivity contribution in [3.05, 3.63) is 48.6 Å². The van der Waals surface area contributed by atoms with Gasteiger partial charge in [0.05, 0.1) is 12.5 Å². The van der Waals surface area contributed by atoms with Crippen LogP contribution in [0.3, 0.4) is 0 Å². The number of allylic oxidation sites excluding steroid dienone is 1. The monoisotopic (exact) mass is 258 g/mol. The van der Waals surface area contributed by atoms with Crippen molar-refractivity contribution in [1.82, 2.24) is 0 Å². The minimum Gasteiger partial charge on any atom is -0.466 e. The number of carbonyl (C=O) groups excluding carboxylic acids is 1. The van der Waals surface area contributed by atoms with Crippen molar-refractivity contribution in [3.8, 4) is 0 Å². The summed E-state index contributed by atoms with van der Waals surface area (Å²) in [6.45, 7) is 10.5. The van der Waals surface area contributed by atoms with Gasteiger partial charge in [-0.25, -0.2) is 0 Å². The summed E-state index contributed by atoms with van der Waals surface area (Å²) >= 11 is 0. The molecule has 3 atom stereocenters. The molecule has 1 aliphatic rings. The van der Waals surface area contributed by atoms with Crippen molar-refractivity contribution in [3.63, 3.8) is 0 Å². The molecular weight excluding hydrogens is 236 g/mol. The van der Waals surface area contributed by atoms with Crippen LogP contribution in [-0.4, -0.2) is 12.6 Å². The quantitative estimate of drug-likeness (QED) is 0.593. The van der Waals surface area contributed by atoms with E-state index in [1.165, 1.54) is 5.56 Å². The van der Waals surface area contributed by atoms with E-state index in [1.807, 2.05) is 31.2 Å². The molecule has 1 fully saturated rings. The first kappa shape index (κ1) is 13.9. The third-order valence-electron chi connectivity index (χ3n) is 4.28. The Kier molecular flexibility index (Phi) is 3.79. The Bertz CT molecular complexity index is 461. The van der Waals surface area contributed by atoms with E-state index in [0.717, 1.165) is 0 Å². The van der Waals surface area contributed by atoms with E-state index >= 15 is 0 Å². The largest absolute Gasteiger partial charge is 0.466 e. The summed E-state index contributed by atoms with van der Waals surface area (Å²) in [4.78, 5) is 12.0. The minimum atomic E-state index is -0.0692. The van der Waals surface area contributed by atoms with Crippen LogP contribution in [0.15, 0.2) is 43.0 Å². The lowest BCUT2D eigenvalue weighted by atomic mass is 9.90. The average molecular weight is 258 g/mol. The molecule has 0 bridgehead atoms. The summed E-state index contributed by atoms with van der Waals surface area (Å²) in [6, 6.07) is 10.3. The van der Waals surface area contributed by atoms with Gasteiger partial charge in [-0.2, -0.15) is 0 Å². The molecule has 1 saturated carbocycles. The van der Waals surface area contributed by atoms with Crippen molar-refractivity contribution in [1.29, 1.82) is 0 Å². The number of hydrogen-bond donors (Lipinski definition) is 0. The van der Waals surface area contributed by atoms with Gasteiger partial charge in [0.1, 0.15) is 0 Å². The summed E-state index contributed by atoms with van der Waals surface area (Å²) in [6.07, 6.45) is 1.96. The van der Waals surface area contributed by atoms with Crippen LogP contribution in [0.1, 0.15) is 32.3 Å².